The van der Waals surface area contributed by atoms with E-state index in [1.165, 1.54) is 0 Å². The molecule has 0 unspecified atom stereocenters. The largest absolute Gasteiger partial charge is 0.465 e. The van der Waals surface area contributed by atoms with E-state index in [2.05, 4.69) is 35.0 Å². The molecule has 5 heteroatoms. The molecule has 4 rings (SSSR count). The van der Waals surface area contributed by atoms with Gasteiger partial charge in [-0.05, 0) is 36.6 Å². The van der Waals surface area contributed by atoms with Gasteiger partial charge in [0, 0.05) is 31.4 Å². The van der Waals surface area contributed by atoms with E-state index >= 15 is 0 Å². The Kier molecular flexibility index (Phi) is 5.15. The van der Waals surface area contributed by atoms with Gasteiger partial charge in [-0.1, -0.05) is 13.0 Å². The smallest absolute Gasteiger partial charge is 0.118 e. The highest BCUT2D eigenvalue weighted by Gasteiger charge is 2.43. The number of aryl methyl sites for hydroxylation is 1. The monoisotopic (exact) mass is 342 g/mol. The molecule has 3 atom stereocenters. The number of aromatic nitrogens is 1. The van der Waals surface area contributed by atoms with Crippen LogP contribution in [-0.2, 0) is 29.0 Å². The van der Waals surface area contributed by atoms with Crippen molar-refractivity contribution in [1.29, 1.82) is 0 Å². The van der Waals surface area contributed by atoms with Crippen LogP contribution in [0.3, 0.4) is 0 Å². The van der Waals surface area contributed by atoms with Crippen LogP contribution in [0.4, 0.5) is 0 Å². The van der Waals surface area contributed by atoms with Crippen molar-refractivity contribution in [2.45, 2.75) is 57.6 Å². The normalized spacial score (nSPS) is 26.7. The van der Waals surface area contributed by atoms with E-state index in [0.717, 1.165) is 56.0 Å². The fourth-order valence-electron chi connectivity index (χ4n) is 3.96. The van der Waals surface area contributed by atoms with E-state index in [4.69, 9.17) is 13.9 Å². The van der Waals surface area contributed by atoms with Gasteiger partial charge >= 0.3 is 0 Å². The molecule has 3 heterocycles. The molecule has 2 fully saturated rings. The molecule has 1 saturated carbocycles. The first-order valence-electron chi connectivity index (χ1n) is 9.27. The summed E-state index contributed by atoms with van der Waals surface area (Å²) in [5.74, 6) is 2.09. The number of ether oxygens (including phenoxy) is 2. The highest BCUT2D eigenvalue weighted by Crippen LogP contribution is 2.33. The quantitative estimate of drug-likeness (QED) is 0.807. The van der Waals surface area contributed by atoms with Crippen molar-refractivity contribution in [3.63, 3.8) is 0 Å². The predicted octanol–water partition coefficient (Wildman–Crippen LogP) is 3.19. The molecule has 0 spiro atoms. The lowest BCUT2D eigenvalue weighted by Gasteiger charge is -2.30. The maximum absolute atomic E-state index is 6.29. The second-order valence-corrected chi connectivity index (χ2v) is 6.88. The van der Waals surface area contributed by atoms with E-state index in [1.54, 1.807) is 6.20 Å². The average Bonchev–Trinajstić information content (AvgIpc) is 3.21. The fourth-order valence-corrected chi connectivity index (χ4v) is 3.96. The summed E-state index contributed by atoms with van der Waals surface area (Å²) in [5.41, 5.74) is 1.11. The predicted molar refractivity (Wildman–Crippen MR) is 94.1 cm³/mol. The van der Waals surface area contributed by atoms with Gasteiger partial charge in [-0.15, -0.1) is 0 Å². The molecule has 1 aliphatic heterocycles. The molecular weight excluding hydrogens is 316 g/mol. The van der Waals surface area contributed by atoms with E-state index in [1.807, 2.05) is 12.3 Å². The number of pyridine rings is 1. The summed E-state index contributed by atoms with van der Waals surface area (Å²) in [6.07, 6.45) is 7.09. The van der Waals surface area contributed by atoms with Crippen LogP contribution in [0.1, 0.15) is 36.8 Å². The van der Waals surface area contributed by atoms with Crippen LogP contribution in [0, 0.1) is 0 Å². The number of nitrogens with zero attached hydrogens (tertiary/aromatic N) is 2. The van der Waals surface area contributed by atoms with Crippen molar-refractivity contribution >= 4 is 0 Å². The second kappa shape index (κ2) is 7.68. The Bertz CT molecular complexity index is 673. The van der Waals surface area contributed by atoms with Crippen molar-refractivity contribution in [3.8, 4) is 0 Å². The topological polar surface area (TPSA) is 47.7 Å². The second-order valence-electron chi connectivity index (χ2n) is 6.88. The minimum absolute atomic E-state index is 0.114. The van der Waals surface area contributed by atoms with Gasteiger partial charge in [0.05, 0.1) is 32.0 Å². The third kappa shape index (κ3) is 3.78. The average molecular weight is 342 g/mol. The number of hydrogen-bond donors (Lipinski definition) is 0. The Morgan fingerprint density at radius 1 is 1.24 bits per heavy atom. The van der Waals surface area contributed by atoms with E-state index in [0.29, 0.717) is 12.6 Å². The molecule has 5 nitrogen and oxygen atoms in total. The Morgan fingerprint density at radius 3 is 2.96 bits per heavy atom. The lowest BCUT2D eigenvalue weighted by Crippen LogP contribution is -2.42. The zero-order chi connectivity index (χ0) is 17.1. The number of furan rings is 1. The molecule has 134 valence electrons. The molecule has 25 heavy (non-hydrogen) atoms. The summed E-state index contributed by atoms with van der Waals surface area (Å²) in [6, 6.07) is 8.57. The van der Waals surface area contributed by atoms with Crippen molar-refractivity contribution in [1.82, 2.24) is 9.88 Å². The Morgan fingerprint density at radius 2 is 2.16 bits per heavy atom. The van der Waals surface area contributed by atoms with Gasteiger partial charge in [0.2, 0.25) is 0 Å². The minimum atomic E-state index is 0.114. The van der Waals surface area contributed by atoms with Gasteiger partial charge in [0.25, 0.3) is 0 Å². The summed E-state index contributed by atoms with van der Waals surface area (Å²) in [7, 11) is 0. The lowest BCUT2D eigenvalue weighted by atomic mass is 10.1. The summed E-state index contributed by atoms with van der Waals surface area (Å²) < 4.78 is 18.3. The molecule has 0 radical (unpaired) electrons. The minimum Gasteiger partial charge on any atom is -0.465 e. The molecule has 2 aromatic heterocycles. The molecule has 1 aliphatic carbocycles. The van der Waals surface area contributed by atoms with Gasteiger partial charge in [-0.3, -0.25) is 9.88 Å². The van der Waals surface area contributed by atoms with Crippen LogP contribution in [0.25, 0.3) is 0 Å². The Labute approximate surface area is 148 Å². The number of hydrogen-bond acceptors (Lipinski definition) is 5. The molecule has 2 aliphatic rings. The van der Waals surface area contributed by atoms with Crippen LogP contribution in [0.2, 0.25) is 0 Å². The van der Waals surface area contributed by atoms with Gasteiger partial charge in [-0.25, -0.2) is 0 Å². The third-order valence-electron chi connectivity index (χ3n) is 5.26. The Balaban J connectivity index is 1.44. The van der Waals surface area contributed by atoms with Crippen LogP contribution >= 0.6 is 0 Å². The summed E-state index contributed by atoms with van der Waals surface area (Å²) in [5, 5.41) is 0. The van der Waals surface area contributed by atoms with E-state index in [-0.39, 0.29) is 12.2 Å². The van der Waals surface area contributed by atoms with Crippen LogP contribution in [0.5, 0.6) is 0 Å². The Hall–Kier alpha value is -1.69. The van der Waals surface area contributed by atoms with Gasteiger partial charge < -0.3 is 13.9 Å². The van der Waals surface area contributed by atoms with Crippen LogP contribution in [0.15, 0.2) is 41.1 Å². The molecule has 1 saturated heterocycles. The third-order valence-corrected chi connectivity index (χ3v) is 5.26. The molecule has 0 aromatic carbocycles. The molecule has 2 bridgehead atoms. The van der Waals surface area contributed by atoms with Gasteiger partial charge in [0.1, 0.15) is 11.5 Å². The first-order chi connectivity index (χ1) is 12.3. The number of fused-ring (bicyclic) bond motifs is 2. The summed E-state index contributed by atoms with van der Waals surface area (Å²) >= 11 is 0. The van der Waals surface area contributed by atoms with Gasteiger partial charge in [-0.2, -0.15) is 0 Å². The summed E-state index contributed by atoms with van der Waals surface area (Å²) in [6.45, 7) is 5.22. The van der Waals surface area contributed by atoms with Crippen molar-refractivity contribution < 1.29 is 13.9 Å². The van der Waals surface area contributed by atoms with Crippen LogP contribution in [-0.4, -0.2) is 41.3 Å². The zero-order valence-corrected chi connectivity index (χ0v) is 14.8. The number of rotatable bonds is 6. The summed E-state index contributed by atoms with van der Waals surface area (Å²) in [4.78, 5) is 6.64. The standard InChI is InChI=1S/C20H26N2O3/c1-2-16-5-6-17(25-16)13-22-10-11-23-19-8-7-18(22)20(19)24-14-15-4-3-9-21-12-15/h3-6,9,12,18-20H,2,7-8,10-11,13-14H2,1H3/t18-,19-,20-/m0/s1. The molecular formula is C20H26N2O3. The van der Waals surface area contributed by atoms with Crippen molar-refractivity contribution in [2.24, 2.45) is 0 Å². The van der Waals surface area contributed by atoms with Crippen molar-refractivity contribution in [3.05, 3.63) is 53.7 Å². The zero-order valence-electron chi connectivity index (χ0n) is 14.8. The first kappa shape index (κ1) is 16.8. The van der Waals surface area contributed by atoms with Crippen molar-refractivity contribution in [2.75, 3.05) is 13.2 Å². The van der Waals surface area contributed by atoms with E-state index in [9.17, 15) is 0 Å². The SMILES string of the molecule is CCc1ccc(CN2CCO[C@H]3CC[C@H]2[C@@H]3OCc2cccnc2)o1. The molecule has 2 aromatic rings. The molecule has 0 amide bonds. The van der Waals surface area contributed by atoms with Crippen LogP contribution < -0.4 is 0 Å². The highest BCUT2D eigenvalue weighted by atomic mass is 16.5. The van der Waals surface area contributed by atoms with Gasteiger partial charge in [0.15, 0.2) is 0 Å². The lowest BCUT2D eigenvalue weighted by molar-refractivity contribution is -0.0616. The highest BCUT2D eigenvalue weighted by molar-refractivity contribution is 5.09. The first-order valence-corrected chi connectivity index (χ1v) is 9.27. The molecule has 0 N–H and O–H groups in total. The van der Waals surface area contributed by atoms with E-state index < -0.39 is 0 Å². The maximum Gasteiger partial charge on any atom is 0.118 e. The fraction of sp³-hybridized carbons (Fsp3) is 0.550. The maximum atomic E-state index is 6.29.